The highest BCUT2D eigenvalue weighted by molar-refractivity contribution is 7.99. The van der Waals surface area contributed by atoms with E-state index >= 15 is 0 Å². The van der Waals surface area contributed by atoms with E-state index in [4.69, 9.17) is 4.74 Å². The molecule has 1 fully saturated rings. The number of carbonyl (C=O) groups is 2. The van der Waals surface area contributed by atoms with Crippen LogP contribution in [0, 0.1) is 0 Å². The highest BCUT2D eigenvalue weighted by Crippen LogP contribution is 2.26. The molecule has 34 heavy (non-hydrogen) atoms. The van der Waals surface area contributed by atoms with Gasteiger partial charge in [-0.1, -0.05) is 42.1 Å². The number of imide groups is 1. The number of para-hydroxylation sites is 2. The second kappa shape index (κ2) is 9.52. The Bertz CT molecular complexity index is 1420. The van der Waals surface area contributed by atoms with Gasteiger partial charge in [-0.2, -0.15) is 0 Å². The van der Waals surface area contributed by atoms with Crippen LogP contribution in [0.3, 0.4) is 0 Å². The molecule has 2 amide bonds. The fourth-order valence-electron chi connectivity index (χ4n) is 3.84. The molecule has 0 spiro atoms. The van der Waals surface area contributed by atoms with E-state index in [-0.39, 0.29) is 23.1 Å². The van der Waals surface area contributed by atoms with Gasteiger partial charge in [0.1, 0.15) is 11.5 Å². The zero-order valence-electron chi connectivity index (χ0n) is 18.2. The van der Waals surface area contributed by atoms with Gasteiger partial charge in [-0.15, -0.1) is 0 Å². The molecule has 4 aromatic rings. The van der Waals surface area contributed by atoms with Crippen molar-refractivity contribution in [2.75, 3.05) is 12.3 Å². The summed E-state index contributed by atoms with van der Waals surface area (Å²) < 4.78 is 7.35. The summed E-state index contributed by atoms with van der Waals surface area (Å²) in [6.07, 6.45) is 1.08. The Labute approximate surface area is 200 Å². The maximum atomic E-state index is 13.4. The maximum Gasteiger partial charge on any atom is 0.266 e. The Morgan fingerprint density at radius 3 is 2.35 bits per heavy atom. The van der Waals surface area contributed by atoms with Gasteiger partial charge in [-0.25, -0.2) is 4.98 Å². The third kappa shape index (κ3) is 4.45. The van der Waals surface area contributed by atoms with Crippen LogP contribution >= 0.6 is 11.8 Å². The molecule has 0 radical (unpaired) electrons. The zero-order chi connectivity index (χ0) is 23.5. The second-order valence-electron chi connectivity index (χ2n) is 7.79. The Morgan fingerprint density at radius 2 is 1.62 bits per heavy atom. The number of thioether (sulfide) groups is 1. The molecule has 3 aromatic carbocycles. The SMILES string of the molecule is O=C1CCCN1C(=O)CSc1nc2ccccc2c(=O)n1-c1ccc(Oc2ccccc2)cc1. The predicted octanol–water partition coefficient (Wildman–Crippen LogP) is 4.42. The van der Waals surface area contributed by atoms with E-state index in [1.165, 1.54) is 9.47 Å². The summed E-state index contributed by atoms with van der Waals surface area (Å²) >= 11 is 1.15. The van der Waals surface area contributed by atoms with E-state index in [1.54, 1.807) is 42.5 Å². The van der Waals surface area contributed by atoms with E-state index in [0.717, 1.165) is 11.8 Å². The van der Waals surface area contributed by atoms with Crippen molar-refractivity contribution in [2.45, 2.75) is 18.0 Å². The fourth-order valence-corrected chi connectivity index (χ4v) is 4.73. The van der Waals surface area contributed by atoms with E-state index < -0.39 is 0 Å². The van der Waals surface area contributed by atoms with Gasteiger partial charge in [0, 0.05) is 13.0 Å². The lowest BCUT2D eigenvalue weighted by atomic mass is 10.2. The molecular formula is C26H21N3O4S. The molecule has 5 rings (SSSR count). The van der Waals surface area contributed by atoms with Crippen LogP contribution in [0.2, 0.25) is 0 Å². The molecule has 0 bridgehead atoms. The standard InChI is InChI=1S/C26H21N3O4S/c30-23-11-6-16-28(23)24(31)17-34-26-27-22-10-5-4-9-21(22)25(32)29(26)18-12-14-20(15-13-18)33-19-7-2-1-3-8-19/h1-5,7-10,12-15H,6,11,16-17H2. The average molecular weight is 472 g/mol. The lowest BCUT2D eigenvalue weighted by molar-refractivity contribution is -0.140. The highest BCUT2D eigenvalue weighted by Gasteiger charge is 2.26. The van der Waals surface area contributed by atoms with Gasteiger partial charge >= 0.3 is 0 Å². The third-order valence-corrected chi connectivity index (χ3v) is 6.44. The second-order valence-corrected chi connectivity index (χ2v) is 8.73. The quantitative estimate of drug-likeness (QED) is 0.306. The average Bonchev–Trinajstić information content (AvgIpc) is 3.30. The Balaban J connectivity index is 1.47. The molecule has 1 aromatic heterocycles. The topological polar surface area (TPSA) is 81.5 Å². The van der Waals surface area contributed by atoms with Crippen LogP contribution in [-0.2, 0) is 9.59 Å². The van der Waals surface area contributed by atoms with Gasteiger partial charge in [0.15, 0.2) is 5.16 Å². The van der Waals surface area contributed by atoms with Crippen molar-refractivity contribution in [3.63, 3.8) is 0 Å². The van der Waals surface area contributed by atoms with E-state index in [1.807, 2.05) is 36.4 Å². The van der Waals surface area contributed by atoms with Crippen LogP contribution in [-0.4, -0.2) is 38.6 Å². The summed E-state index contributed by atoms with van der Waals surface area (Å²) in [5, 5.41) is 0.873. The number of likely N-dealkylation sites (tertiary alicyclic amines) is 1. The summed E-state index contributed by atoms with van der Waals surface area (Å²) in [6.45, 7) is 0.444. The number of carbonyl (C=O) groups excluding carboxylic acids is 2. The van der Waals surface area contributed by atoms with Crippen molar-refractivity contribution in [2.24, 2.45) is 0 Å². The predicted molar refractivity (Wildman–Crippen MR) is 131 cm³/mol. The zero-order valence-corrected chi connectivity index (χ0v) is 19.0. The first-order chi connectivity index (χ1) is 16.6. The summed E-state index contributed by atoms with van der Waals surface area (Å²) in [5.41, 5.74) is 0.936. The summed E-state index contributed by atoms with van der Waals surface area (Å²) in [4.78, 5) is 43.9. The van der Waals surface area contributed by atoms with Gasteiger partial charge in [0.05, 0.1) is 22.3 Å². The van der Waals surface area contributed by atoms with Crippen LogP contribution in [0.4, 0.5) is 0 Å². The van der Waals surface area contributed by atoms with E-state index in [9.17, 15) is 14.4 Å². The van der Waals surface area contributed by atoms with E-state index in [0.29, 0.717) is 52.6 Å². The van der Waals surface area contributed by atoms with Crippen molar-refractivity contribution in [1.29, 1.82) is 0 Å². The summed E-state index contributed by atoms with van der Waals surface area (Å²) in [5.74, 6) is 0.947. The minimum atomic E-state index is -0.270. The largest absolute Gasteiger partial charge is 0.457 e. The number of hydrogen-bond donors (Lipinski definition) is 0. The minimum Gasteiger partial charge on any atom is -0.457 e. The first kappa shape index (κ1) is 21.9. The molecule has 0 saturated carbocycles. The van der Waals surface area contributed by atoms with Crippen LogP contribution in [0.5, 0.6) is 11.5 Å². The molecule has 1 aliphatic heterocycles. The number of hydrogen-bond acceptors (Lipinski definition) is 6. The molecule has 1 saturated heterocycles. The molecule has 0 N–H and O–H groups in total. The first-order valence-corrected chi connectivity index (χ1v) is 11.9. The Morgan fingerprint density at radius 1 is 0.912 bits per heavy atom. The van der Waals surface area contributed by atoms with Crippen LogP contribution in [0.15, 0.2) is 88.8 Å². The van der Waals surface area contributed by atoms with Gasteiger partial charge < -0.3 is 4.74 Å². The molecule has 1 aliphatic rings. The van der Waals surface area contributed by atoms with Crippen molar-refractivity contribution in [1.82, 2.24) is 14.5 Å². The van der Waals surface area contributed by atoms with Gasteiger partial charge in [0.2, 0.25) is 11.8 Å². The molecule has 0 aliphatic carbocycles. The number of benzene rings is 3. The lowest BCUT2D eigenvalue weighted by Gasteiger charge is -2.16. The number of amides is 2. The Kier molecular flexibility index (Phi) is 6.14. The van der Waals surface area contributed by atoms with Crippen molar-refractivity contribution < 1.29 is 14.3 Å². The molecular weight excluding hydrogens is 450 g/mol. The molecule has 0 unspecified atom stereocenters. The first-order valence-electron chi connectivity index (χ1n) is 10.9. The number of fused-ring (bicyclic) bond motifs is 1. The van der Waals surface area contributed by atoms with Gasteiger partial charge in [0.25, 0.3) is 5.56 Å². The minimum absolute atomic E-state index is 0.0196. The van der Waals surface area contributed by atoms with Crippen LogP contribution in [0.25, 0.3) is 16.6 Å². The summed E-state index contributed by atoms with van der Waals surface area (Å²) in [7, 11) is 0. The van der Waals surface area contributed by atoms with Crippen molar-refractivity contribution in [3.8, 4) is 17.2 Å². The highest BCUT2D eigenvalue weighted by atomic mass is 32.2. The molecule has 2 heterocycles. The number of nitrogens with zero attached hydrogens (tertiary/aromatic N) is 3. The smallest absolute Gasteiger partial charge is 0.266 e. The van der Waals surface area contributed by atoms with Crippen LogP contribution in [0.1, 0.15) is 12.8 Å². The summed E-state index contributed by atoms with van der Waals surface area (Å²) in [6, 6.07) is 23.7. The van der Waals surface area contributed by atoms with E-state index in [2.05, 4.69) is 4.98 Å². The van der Waals surface area contributed by atoms with Gasteiger partial charge in [-0.3, -0.25) is 23.9 Å². The fraction of sp³-hybridized carbons (Fsp3) is 0.154. The van der Waals surface area contributed by atoms with Crippen LogP contribution < -0.4 is 10.3 Å². The maximum absolute atomic E-state index is 13.4. The Hall–Kier alpha value is -3.91. The van der Waals surface area contributed by atoms with Crippen molar-refractivity contribution in [3.05, 3.63) is 89.2 Å². The number of aromatic nitrogens is 2. The third-order valence-electron chi connectivity index (χ3n) is 5.52. The van der Waals surface area contributed by atoms with Crippen molar-refractivity contribution >= 4 is 34.5 Å². The number of rotatable bonds is 6. The normalized spacial score (nSPS) is 13.4. The molecule has 8 heteroatoms. The molecule has 170 valence electrons. The monoisotopic (exact) mass is 471 g/mol. The molecule has 0 atom stereocenters. The lowest BCUT2D eigenvalue weighted by Crippen LogP contribution is -2.33. The van der Waals surface area contributed by atoms with Gasteiger partial charge in [-0.05, 0) is 55.0 Å². The number of ether oxygens (including phenoxy) is 1. The molecule has 7 nitrogen and oxygen atoms in total.